The van der Waals surface area contributed by atoms with Crippen molar-refractivity contribution in [2.45, 2.75) is 26.4 Å². The molecule has 3 rings (SSSR count). The lowest BCUT2D eigenvalue weighted by molar-refractivity contribution is -0.118. The smallest absolute Gasteiger partial charge is 0.253 e. The maximum absolute atomic E-state index is 12.5. The van der Waals surface area contributed by atoms with Crippen LogP contribution < -0.4 is 5.32 Å². The standard InChI is InChI=1S/C18H24N2O3S/c1-3-23-16-11-14(16)17(21)19-15-5-4-13(10-12(15)2)18(22)20-6-8-24-9-7-20/h4-5,10,14,16H,3,6-9,11H2,1-2H3,(H,19,21)/t14-,16+/m1/s1. The van der Waals surface area contributed by atoms with Gasteiger partial charge in [-0.05, 0) is 44.0 Å². The molecule has 0 bridgehead atoms. The summed E-state index contributed by atoms with van der Waals surface area (Å²) in [5.74, 6) is 2.04. The highest BCUT2D eigenvalue weighted by Gasteiger charge is 2.44. The molecule has 1 heterocycles. The molecule has 1 saturated heterocycles. The van der Waals surface area contributed by atoms with Crippen molar-refractivity contribution >= 4 is 29.3 Å². The van der Waals surface area contributed by atoms with Gasteiger partial charge in [-0.15, -0.1) is 0 Å². The Bertz CT molecular complexity index is 629. The molecular formula is C18H24N2O3S. The maximum Gasteiger partial charge on any atom is 0.253 e. The molecule has 1 aromatic carbocycles. The van der Waals surface area contributed by atoms with Crippen LogP contribution in [-0.2, 0) is 9.53 Å². The quantitative estimate of drug-likeness (QED) is 0.888. The predicted molar refractivity (Wildman–Crippen MR) is 96.6 cm³/mol. The van der Waals surface area contributed by atoms with Gasteiger partial charge in [-0.3, -0.25) is 9.59 Å². The van der Waals surface area contributed by atoms with Gasteiger partial charge in [0.1, 0.15) is 0 Å². The van der Waals surface area contributed by atoms with E-state index in [-0.39, 0.29) is 23.8 Å². The summed E-state index contributed by atoms with van der Waals surface area (Å²) in [5, 5.41) is 2.96. The minimum absolute atomic E-state index is 0.00341. The van der Waals surface area contributed by atoms with Gasteiger partial charge in [0, 0.05) is 42.5 Å². The van der Waals surface area contributed by atoms with Crippen molar-refractivity contribution in [1.29, 1.82) is 0 Å². The molecule has 2 atom stereocenters. The van der Waals surface area contributed by atoms with Crippen LogP contribution in [0.15, 0.2) is 18.2 Å². The topological polar surface area (TPSA) is 58.6 Å². The van der Waals surface area contributed by atoms with Gasteiger partial charge in [-0.1, -0.05) is 0 Å². The van der Waals surface area contributed by atoms with Gasteiger partial charge in [0.25, 0.3) is 5.91 Å². The van der Waals surface area contributed by atoms with E-state index in [4.69, 9.17) is 4.74 Å². The van der Waals surface area contributed by atoms with Crippen LogP contribution in [0.4, 0.5) is 5.69 Å². The number of rotatable bonds is 5. The van der Waals surface area contributed by atoms with E-state index < -0.39 is 0 Å². The molecule has 0 aromatic heterocycles. The lowest BCUT2D eigenvalue weighted by Crippen LogP contribution is -2.37. The van der Waals surface area contributed by atoms with Gasteiger partial charge in [-0.25, -0.2) is 0 Å². The average molecular weight is 348 g/mol. The molecule has 2 fully saturated rings. The minimum Gasteiger partial charge on any atom is -0.378 e. The van der Waals surface area contributed by atoms with Crippen molar-refractivity contribution in [2.75, 3.05) is 36.5 Å². The Morgan fingerprint density at radius 2 is 2.08 bits per heavy atom. The van der Waals surface area contributed by atoms with Crippen molar-refractivity contribution in [3.05, 3.63) is 29.3 Å². The van der Waals surface area contributed by atoms with Gasteiger partial charge in [0.05, 0.1) is 12.0 Å². The van der Waals surface area contributed by atoms with E-state index in [2.05, 4.69) is 5.32 Å². The third kappa shape index (κ3) is 3.92. The monoisotopic (exact) mass is 348 g/mol. The zero-order chi connectivity index (χ0) is 17.1. The number of thioether (sulfide) groups is 1. The van der Waals surface area contributed by atoms with Crippen LogP contribution in [0.5, 0.6) is 0 Å². The van der Waals surface area contributed by atoms with E-state index in [0.717, 1.165) is 42.3 Å². The number of aryl methyl sites for hydroxylation is 1. The number of carbonyl (C=O) groups is 2. The highest BCUT2D eigenvalue weighted by atomic mass is 32.2. The van der Waals surface area contributed by atoms with Gasteiger partial charge < -0.3 is 15.0 Å². The van der Waals surface area contributed by atoms with E-state index in [0.29, 0.717) is 12.2 Å². The van der Waals surface area contributed by atoms with Crippen LogP contribution in [0.2, 0.25) is 0 Å². The molecule has 1 saturated carbocycles. The number of nitrogens with zero attached hydrogens (tertiary/aromatic N) is 1. The molecule has 2 aliphatic rings. The molecule has 5 nitrogen and oxygen atoms in total. The number of benzene rings is 1. The average Bonchev–Trinajstić information content (AvgIpc) is 3.36. The van der Waals surface area contributed by atoms with Gasteiger partial charge in [0.2, 0.25) is 5.91 Å². The summed E-state index contributed by atoms with van der Waals surface area (Å²) in [4.78, 5) is 26.6. The molecule has 0 spiro atoms. The first kappa shape index (κ1) is 17.3. The van der Waals surface area contributed by atoms with E-state index in [9.17, 15) is 9.59 Å². The molecule has 2 amide bonds. The Morgan fingerprint density at radius 3 is 2.75 bits per heavy atom. The highest BCUT2D eigenvalue weighted by molar-refractivity contribution is 7.99. The summed E-state index contributed by atoms with van der Waals surface area (Å²) < 4.78 is 5.46. The molecule has 130 valence electrons. The number of amides is 2. The second-order valence-corrected chi connectivity index (χ2v) is 7.48. The van der Waals surface area contributed by atoms with Crippen LogP contribution in [-0.4, -0.2) is 54.0 Å². The van der Waals surface area contributed by atoms with Crippen LogP contribution >= 0.6 is 11.8 Å². The molecule has 1 aliphatic carbocycles. The van der Waals surface area contributed by atoms with Crippen molar-refractivity contribution in [3.63, 3.8) is 0 Å². The Kier molecular flexibility index (Phi) is 5.46. The van der Waals surface area contributed by atoms with E-state index in [1.165, 1.54) is 0 Å². The number of anilines is 1. The lowest BCUT2D eigenvalue weighted by atomic mass is 10.1. The summed E-state index contributed by atoms with van der Waals surface area (Å²) in [6.07, 6.45) is 0.857. The Hall–Kier alpha value is -1.53. The molecule has 1 aliphatic heterocycles. The Balaban J connectivity index is 1.62. The van der Waals surface area contributed by atoms with Crippen molar-refractivity contribution < 1.29 is 14.3 Å². The van der Waals surface area contributed by atoms with E-state index in [1.807, 2.05) is 42.6 Å². The van der Waals surface area contributed by atoms with Gasteiger partial charge in [0.15, 0.2) is 0 Å². The third-order valence-corrected chi connectivity index (χ3v) is 5.42. The van der Waals surface area contributed by atoms with E-state index in [1.54, 1.807) is 6.07 Å². The fourth-order valence-electron chi connectivity index (χ4n) is 2.96. The van der Waals surface area contributed by atoms with Crippen LogP contribution in [0, 0.1) is 12.8 Å². The molecule has 0 radical (unpaired) electrons. The fraction of sp³-hybridized carbons (Fsp3) is 0.556. The molecule has 6 heteroatoms. The largest absolute Gasteiger partial charge is 0.378 e. The number of hydrogen-bond donors (Lipinski definition) is 1. The van der Waals surface area contributed by atoms with Crippen molar-refractivity contribution in [2.24, 2.45) is 5.92 Å². The summed E-state index contributed by atoms with van der Waals surface area (Å²) in [6.45, 7) is 6.11. The van der Waals surface area contributed by atoms with Crippen LogP contribution in [0.3, 0.4) is 0 Å². The molecule has 24 heavy (non-hydrogen) atoms. The highest BCUT2D eigenvalue weighted by Crippen LogP contribution is 2.35. The molecule has 0 unspecified atom stereocenters. The first-order chi connectivity index (χ1) is 11.6. The second-order valence-electron chi connectivity index (χ2n) is 6.26. The maximum atomic E-state index is 12.5. The molecule has 1 aromatic rings. The molecular weight excluding hydrogens is 324 g/mol. The Morgan fingerprint density at radius 1 is 1.33 bits per heavy atom. The fourth-order valence-corrected chi connectivity index (χ4v) is 3.86. The number of carbonyl (C=O) groups excluding carboxylic acids is 2. The van der Waals surface area contributed by atoms with Gasteiger partial charge in [-0.2, -0.15) is 11.8 Å². The summed E-state index contributed by atoms with van der Waals surface area (Å²) in [5.41, 5.74) is 2.37. The predicted octanol–water partition coefficient (Wildman–Crippen LogP) is 2.55. The number of nitrogens with one attached hydrogen (secondary N) is 1. The van der Waals surface area contributed by atoms with Crippen molar-refractivity contribution in [1.82, 2.24) is 4.90 Å². The van der Waals surface area contributed by atoms with Crippen LogP contribution in [0.25, 0.3) is 0 Å². The second kappa shape index (κ2) is 7.57. The summed E-state index contributed by atoms with van der Waals surface area (Å²) in [6, 6.07) is 5.50. The SMILES string of the molecule is CCO[C@H]1C[C@H]1C(=O)Nc1ccc(C(=O)N2CCSCC2)cc1C. The zero-order valence-corrected chi connectivity index (χ0v) is 15.0. The molecule has 1 N–H and O–H groups in total. The Labute approximate surface area is 147 Å². The normalized spacial score (nSPS) is 23.0. The first-order valence-electron chi connectivity index (χ1n) is 8.50. The number of ether oxygens (including phenoxy) is 1. The third-order valence-electron chi connectivity index (χ3n) is 4.48. The summed E-state index contributed by atoms with van der Waals surface area (Å²) in [7, 11) is 0. The first-order valence-corrected chi connectivity index (χ1v) is 9.65. The summed E-state index contributed by atoms with van der Waals surface area (Å²) >= 11 is 1.88. The van der Waals surface area contributed by atoms with E-state index >= 15 is 0 Å². The van der Waals surface area contributed by atoms with Crippen molar-refractivity contribution in [3.8, 4) is 0 Å². The lowest BCUT2D eigenvalue weighted by Gasteiger charge is -2.26. The minimum atomic E-state index is -0.0449. The zero-order valence-electron chi connectivity index (χ0n) is 14.2. The van der Waals surface area contributed by atoms with Gasteiger partial charge >= 0.3 is 0 Å². The van der Waals surface area contributed by atoms with Crippen LogP contribution in [0.1, 0.15) is 29.3 Å². The number of hydrogen-bond acceptors (Lipinski definition) is 4.